The molecule has 0 aliphatic carbocycles. The lowest BCUT2D eigenvalue weighted by molar-refractivity contribution is 0.352. The Hall–Kier alpha value is -2.42. The van der Waals surface area contributed by atoms with Crippen LogP contribution in [0, 0.1) is 0 Å². The fourth-order valence-electron chi connectivity index (χ4n) is 9.58. The van der Waals surface area contributed by atoms with Crippen LogP contribution in [0.5, 0.6) is 0 Å². The molecule has 0 aliphatic heterocycles. The smallest absolute Gasteiger partial charge is 0.182 e. The van der Waals surface area contributed by atoms with Crippen molar-refractivity contribution in [3.05, 3.63) is 140 Å². The number of hydrogen-bond acceptors (Lipinski definition) is 4. The minimum atomic E-state index is -3.13. The molecule has 0 aromatic heterocycles. The highest BCUT2D eigenvalue weighted by Gasteiger charge is 2.68. The summed E-state index contributed by atoms with van der Waals surface area (Å²) < 4.78 is 0. The number of rotatable bonds is 7. The molecule has 4 aromatic carbocycles. The molecule has 0 spiro atoms. The van der Waals surface area contributed by atoms with Crippen LogP contribution in [0.25, 0.3) is 0 Å². The van der Waals surface area contributed by atoms with E-state index in [0.29, 0.717) is 22.3 Å². The van der Waals surface area contributed by atoms with Crippen LogP contribution in [0.3, 0.4) is 0 Å². The lowest BCUT2D eigenvalue weighted by Gasteiger charge is -2.56. The molecule has 0 bridgehead atoms. The van der Waals surface area contributed by atoms with Gasteiger partial charge >= 0.3 is 0 Å². The van der Waals surface area contributed by atoms with Crippen LogP contribution in [0.2, 0.25) is 0 Å². The highest BCUT2D eigenvalue weighted by molar-refractivity contribution is 7.52. The van der Waals surface area contributed by atoms with Crippen molar-refractivity contribution in [2.24, 2.45) is 0 Å². The van der Waals surface area contributed by atoms with E-state index in [0.717, 1.165) is 44.5 Å². The molecule has 0 amide bonds. The van der Waals surface area contributed by atoms with Gasteiger partial charge in [-0.15, -0.1) is 0 Å². The van der Waals surface area contributed by atoms with Crippen LogP contribution in [0.15, 0.2) is 72.8 Å². The molecule has 0 unspecified atom stereocenters. The second-order valence-corrected chi connectivity index (χ2v) is 29.5. The standard InChI is InChI=1S/C58H88O4P2/c1-49(2,3)37-25-29-41(45(33-37)53(13,14)15)57(63(59)60,42-30-26-38(50(4,5)6)34-46(42)54(16,17)18)58(64(61)62,43-31-27-39(51(7,8)9)35-47(43)55(19,20)21)44-32-28-40(52(10,11)12)36-48(44)56(22,23)24/h25-36,59-62H,1-24H3. The average Bonchev–Trinajstić information content (AvgIpc) is 3.09. The van der Waals surface area contributed by atoms with Crippen LogP contribution in [-0.4, -0.2) is 19.6 Å². The summed E-state index contributed by atoms with van der Waals surface area (Å²) in [5.41, 5.74) is 7.96. The van der Waals surface area contributed by atoms with Gasteiger partial charge in [0.05, 0.1) is 0 Å². The Morgan fingerprint density at radius 2 is 0.391 bits per heavy atom. The van der Waals surface area contributed by atoms with E-state index in [4.69, 9.17) is 0 Å². The fraction of sp³-hybridized carbons (Fsp3) is 0.586. The van der Waals surface area contributed by atoms with Gasteiger partial charge in [0, 0.05) is 0 Å². The van der Waals surface area contributed by atoms with Crippen molar-refractivity contribution in [2.45, 2.75) is 220 Å². The van der Waals surface area contributed by atoms with E-state index >= 15 is 0 Å². The molecule has 6 heteroatoms. The predicted octanol–water partition coefficient (Wildman–Crippen LogP) is 15.8. The highest BCUT2D eigenvalue weighted by atomic mass is 31.2. The maximum absolute atomic E-state index is 13.5. The molecule has 0 heterocycles. The van der Waals surface area contributed by atoms with E-state index in [2.05, 4.69) is 239 Å². The fourth-order valence-corrected chi connectivity index (χ4v) is 12.8. The van der Waals surface area contributed by atoms with Gasteiger partial charge in [-0.05, 0) is 110 Å². The zero-order chi connectivity index (χ0) is 49.6. The molecule has 4 nitrogen and oxygen atoms in total. The van der Waals surface area contributed by atoms with Gasteiger partial charge in [0.2, 0.25) is 0 Å². The SMILES string of the molecule is CC(C)(C)c1ccc(C(c2ccc(C(C)(C)C)cc2C(C)(C)C)(P(O)O)C(c2ccc(C(C)(C)C)cc2C(C)(C)C)(c2ccc(C(C)(C)C)cc2C(C)(C)C)P(O)O)c(C(C)(C)C)c1. The van der Waals surface area contributed by atoms with Crippen LogP contribution in [0.1, 0.15) is 233 Å². The zero-order valence-electron chi connectivity index (χ0n) is 44.6. The predicted molar refractivity (Wildman–Crippen MR) is 280 cm³/mol. The second kappa shape index (κ2) is 17.3. The first-order valence-electron chi connectivity index (χ1n) is 23.4. The number of hydrogen-bond donors (Lipinski definition) is 4. The quantitative estimate of drug-likeness (QED) is 0.139. The minimum absolute atomic E-state index is 0.225. The van der Waals surface area contributed by atoms with E-state index < -0.39 is 48.7 Å². The third kappa shape index (κ3) is 10.1. The van der Waals surface area contributed by atoms with E-state index in [1.807, 2.05) is 0 Å². The maximum Gasteiger partial charge on any atom is 0.182 e. The molecule has 354 valence electrons. The Balaban J connectivity index is 2.75. The average molecular weight is 911 g/mol. The molecule has 64 heavy (non-hydrogen) atoms. The van der Waals surface area contributed by atoms with Gasteiger partial charge in [-0.2, -0.15) is 0 Å². The first kappa shape index (κ1) is 54.2. The Labute approximate surface area is 394 Å². The van der Waals surface area contributed by atoms with E-state index in [1.54, 1.807) is 0 Å². The van der Waals surface area contributed by atoms with Gasteiger partial charge in [0.25, 0.3) is 0 Å². The largest absolute Gasteiger partial charge is 0.349 e. The van der Waals surface area contributed by atoms with Gasteiger partial charge in [-0.1, -0.05) is 239 Å². The molecule has 4 N–H and O–H groups in total. The Morgan fingerprint density at radius 1 is 0.234 bits per heavy atom. The molecular formula is C58H88O4P2. The summed E-state index contributed by atoms with van der Waals surface area (Å²) in [5, 5.41) is -3.75. The van der Waals surface area contributed by atoms with Gasteiger partial charge in [0.1, 0.15) is 10.3 Å². The molecule has 0 aliphatic rings. The summed E-state index contributed by atoms with van der Waals surface area (Å²) in [6.45, 7) is 52.7. The van der Waals surface area contributed by atoms with Gasteiger partial charge in [-0.25, -0.2) is 0 Å². The molecule has 4 aromatic rings. The molecule has 0 radical (unpaired) electrons. The monoisotopic (exact) mass is 911 g/mol. The lowest BCUT2D eigenvalue weighted by Crippen LogP contribution is -2.52. The van der Waals surface area contributed by atoms with Gasteiger partial charge < -0.3 is 19.6 Å². The van der Waals surface area contributed by atoms with E-state index in [1.165, 1.54) is 0 Å². The molecule has 4 rings (SSSR count). The molecule has 0 fully saturated rings. The van der Waals surface area contributed by atoms with Crippen molar-refractivity contribution in [2.75, 3.05) is 0 Å². The maximum atomic E-state index is 13.5. The Morgan fingerprint density at radius 3 is 0.500 bits per heavy atom. The first-order valence-corrected chi connectivity index (χ1v) is 25.9. The van der Waals surface area contributed by atoms with Crippen molar-refractivity contribution in [1.82, 2.24) is 0 Å². The molecular weight excluding hydrogens is 823 g/mol. The second-order valence-electron chi connectivity index (χ2n) is 27.0. The van der Waals surface area contributed by atoms with Crippen LogP contribution in [0.4, 0.5) is 0 Å². The van der Waals surface area contributed by atoms with Crippen molar-refractivity contribution >= 4 is 16.8 Å². The van der Waals surface area contributed by atoms with Crippen LogP contribution in [-0.2, 0) is 53.6 Å². The molecule has 0 atom stereocenters. The molecule has 0 saturated carbocycles. The topological polar surface area (TPSA) is 80.9 Å². The van der Waals surface area contributed by atoms with Crippen molar-refractivity contribution in [3.63, 3.8) is 0 Å². The zero-order valence-corrected chi connectivity index (χ0v) is 46.4. The third-order valence-corrected chi connectivity index (χ3v) is 16.5. The van der Waals surface area contributed by atoms with Gasteiger partial charge in [-0.3, -0.25) is 0 Å². The Bertz CT molecular complexity index is 1990. The first-order chi connectivity index (χ1) is 28.5. The summed E-state index contributed by atoms with van der Waals surface area (Å²) in [4.78, 5) is 53.9. The highest BCUT2D eigenvalue weighted by Crippen LogP contribution is 2.77. The summed E-state index contributed by atoms with van der Waals surface area (Å²) in [5.74, 6) is 0. The van der Waals surface area contributed by atoms with Crippen molar-refractivity contribution in [3.8, 4) is 0 Å². The van der Waals surface area contributed by atoms with Crippen molar-refractivity contribution < 1.29 is 19.6 Å². The Kier molecular flexibility index (Phi) is 14.6. The summed E-state index contributed by atoms with van der Waals surface area (Å²) >= 11 is 0. The minimum Gasteiger partial charge on any atom is -0.349 e. The van der Waals surface area contributed by atoms with Gasteiger partial charge in [0.15, 0.2) is 16.8 Å². The van der Waals surface area contributed by atoms with Crippen molar-refractivity contribution in [1.29, 1.82) is 0 Å². The van der Waals surface area contributed by atoms with Crippen LogP contribution >= 0.6 is 16.8 Å². The van der Waals surface area contributed by atoms with E-state index in [9.17, 15) is 19.6 Å². The lowest BCUT2D eigenvalue weighted by atomic mass is 9.61. The molecule has 0 saturated heterocycles. The number of benzene rings is 4. The van der Waals surface area contributed by atoms with Crippen LogP contribution < -0.4 is 0 Å². The normalized spacial score (nSPS) is 14.5. The van der Waals surface area contributed by atoms with E-state index in [-0.39, 0.29) is 21.7 Å². The summed E-state index contributed by atoms with van der Waals surface area (Å²) in [6, 6.07) is 26.0. The summed E-state index contributed by atoms with van der Waals surface area (Å²) in [7, 11) is -6.26. The third-order valence-electron chi connectivity index (χ3n) is 13.5. The summed E-state index contributed by atoms with van der Waals surface area (Å²) in [6.07, 6.45) is 0.